The molecule has 0 fully saturated rings. The maximum Gasteiger partial charge on any atom is 0.414 e. The maximum absolute atomic E-state index is 11.8. The van der Waals surface area contributed by atoms with Crippen molar-refractivity contribution in [2.75, 3.05) is 13.2 Å². The number of hydrogen-bond donors (Lipinski definition) is 0. The third kappa shape index (κ3) is 3.45. The van der Waals surface area contributed by atoms with E-state index < -0.39 is 6.09 Å². The summed E-state index contributed by atoms with van der Waals surface area (Å²) in [6.07, 6.45) is 2.89. The number of aromatic nitrogens is 1. The molecule has 0 aromatic carbocycles. The summed E-state index contributed by atoms with van der Waals surface area (Å²) in [5.41, 5.74) is 2.26. The minimum Gasteiger partial charge on any atom is -0.449 e. The molecule has 18 heavy (non-hydrogen) atoms. The van der Waals surface area contributed by atoms with Gasteiger partial charge in [-0.3, -0.25) is 9.88 Å². The molecule has 4 heteroatoms. The summed E-state index contributed by atoms with van der Waals surface area (Å²) >= 11 is 0. The Labute approximate surface area is 108 Å². The van der Waals surface area contributed by atoms with E-state index in [1.165, 1.54) is 4.90 Å². The number of nitrogens with zero attached hydrogens (tertiary/aromatic N) is 2. The van der Waals surface area contributed by atoms with E-state index in [2.05, 4.69) is 18.1 Å². The molecule has 0 bridgehead atoms. The third-order valence-corrected chi connectivity index (χ3v) is 2.37. The first kappa shape index (κ1) is 14.0. The van der Waals surface area contributed by atoms with Crippen molar-refractivity contribution in [3.63, 3.8) is 0 Å². The lowest BCUT2D eigenvalue weighted by molar-refractivity contribution is 0.128. The Balaban J connectivity index is 2.91. The van der Waals surface area contributed by atoms with E-state index in [1.54, 1.807) is 19.2 Å². The van der Waals surface area contributed by atoms with Crippen molar-refractivity contribution in [1.29, 1.82) is 0 Å². The Hall–Kier alpha value is -2.10. The molecule has 0 aliphatic heterocycles. The van der Waals surface area contributed by atoms with Crippen molar-refractivity contribution in [2.24, 2.45) is 0 Å². The molecule has 0 saturated carbocycles. The van der Waals surface area contributed by atoms with Gasteiger partial charge in [-0.2, -0.15) is 0 Å². The lowest BCUT2D eigenvalue weighted by atomic mass is 10.2. The normalized spacial score (nSPS) is 9.67. The number of rotatable bonds is 5. The molecule has 0 aliphatic carbocycles. The maximum atomic E-state index is 11.8. The number of carbonyl (C=O) groups excluding carboxylic acids is 1. The molecule has 0 saturated heterocycles. The fraction of sp³-hybridized carbons (Fsp3) is 0.286. The summed E-state index contributed by atoms with van der Waals surface area (Å²) < 4.78 is 4.98. The second kappa shape index (κ2) is 6.59. The van der Waals surface area contributed by atoms with Crippen LogP contribution in [0.2, 0.25) is 0 Å². The predicted octanol–water partition coefficient (Wildman–Crippen LogP) is 3.01. The van der Waals surface area contributed by atoms with Gasteiger partial charge in [0.2, 0.25) is 0 Å². The van der Waals surface area contributed by atoms with Gasteiger partial charge in [-0.1, -0.05) is 12.7 Å². The number of pyridine rings is 1. The summed E-state index contributed by atoms with van der Waals surface area (Å²) in [4.78, 5) is 17.4. The molecule has 0 N–H and O–H groups in total. The van der Waals surface area contributed by atoms with Crippen LogP contribution in [0.5, 0.6) is 0 Å². The fourth-order valence-corrected chi connectivity index (χ4v) is 1.42. The van der Waals surface area contributed by atoms with Crippen molar-refractivity contribution in [3.05, 3.63) is 48.8 Å². The molecule has 0 radical (unpaired) electrons. The minimum absolute atomic E-state index is 0.325. The van der Waals surface area contributed by atoms with E-state index in [1.807, 2.05) is 19.1 Å². The van der Waals surface area contributed by atoms with Crippen LogP contribution >= 0.6 is 0 Å². The molecule has 1 rings (SSSR count). The van der Waals surface area contributed by atoms with Gasteiger partial charge in [0.25, 0.3) is 0 Å². The van der Waals surface area contributed by atoms with Crippen LogP contribution in [0.25, 0.3) is 5.70 Å². The summed E-state index contributed by atoms with van der Waals surface area (Å²) in [6.45, 7) is 11.9. The zero-order valence-corrected chi connectivity index (χ0v) is 10.8. The summed E-state index contributed by atoms with van der Waals surface area (Å²) in [5.74, 6) is 0. The molecular weight excluding hydrogens is 228 g/mol. The van der Waals surface area contributed by atoms with E-state index in [9.17, 15) is 4.79 Å². The highest BCUT2D eigenvalue weighted by atomic mass is 16.6. The van der Waals surface area contributed by atoms with Crippen molar-refractivity contribution < 1.29 is 9.53 Å². The van der Waals surface area contributed by atoms with Gasteiger partial charge in [0.15, 0.2) is 0 Å². The Kier molecular flexibility index (Phi) is 5.11. The molecule has 1 heterocycles. The highest BCUT2D eigenvalue weighted by Gasteiger charge is 2.17. The van der Waals surface area contributed by atoms with Gasteiger partial charge in [0.1, 0.15) is 0 Å². The topological polar surface area (TPSA) is 42.4 Å². The summed E-state index contributed by atoms with van der Waals surface area (Å²) in [6, 6.07) is 3.75. The van der Waals surface area contributed by atoms with Crippen LogP contribution in [0.1, 0.15) is 18.2 Å². The third-order valence-electron chi connectivity index (χ3n) is 2.37. The van der Waals surface area contributed by atoms with Crippen LogP contribution in [-0.4, -0.2) is 29.1 Å². The highest BCUT2D eigenvalue weighted by Crippen LogP contribution is 2.17. The Bertz CT molecular complexity index is 438. The number of hydrogen-bond acceptors (Lipinski definition) is 3. The van der Waals surface area contributed by atoms with Gasteiger partial charge in [0, 0.05) is 29.7 Å². The minimum atomic E-state index is -0.428. The van der Waals surface area contributed by atoms with E-state index in [4.69, 9.17) is 4.74 Å². The lowest BCUT2D eigenvalue weighted by Crippen LogP contribution is -2.30. The Morgan fingerprint density at radius 1 is 1.56 bits per heavy atom. The first-order valence-corrected chi connectivity index (χ1v) is 5.77. The molecule has 4 nitrogen and oxygen atoms in total. The fourth-order valence-electron chi connectivity index (χ4n) is 1.42. The van der Waals surface area contributed by atoms with Crippen LogP contribution < -0.4 is 0 Å². The second-order valence-electron chi connectivity index (χ2n) is 3.73. The molecular formula is C14H18N2O2. The van der Waals surface area contributed by atoms with Gasteiger partial charge < -0.3 is 4.74 Å². The molecule has 1 amide bonds. The lowest BCUT2D eigenvalue weighted by Gasteiger charge is -2.22. The Morgan fingerprint density at radius 2 is 2.28 bits per heavy atom. The van der Waals surface area contributed by atoms with Gasteiger partial charge in [-0.15, -0.1) is 6.58 Å². The van der Waals surface area contributed by atoms with Crippen LogP contribution in [0.3, 0.4) is 0 Å². The van der Waals surface area contributed by atoms with Gasteiger partial charge >= 0.3 is 6.09 Å². The average molecular weight is 246 g/mol. The van der Waals surface area contributed by atoms with Gasteiger partial charge in [-0.25, -0.2) is 4.79 Å². The molecule has 96 valence electrons. The number of ether oxygens (including phenoxy) is 1. The van der Waals surface area contributed by atoms with Crippen molar-refractivity contribution in [3.8, 4) is 0 Å². The van der Waals surface area contributed by atoms with Gasteiger partial charge in [-0.05, 0) is 26.0 Å². The highest BCUT2D eigenvalue weighted by molar-refractivity contribution is 5.81. The number of carbonyl (C=O) groups is 1. The van der Waals surface area contributed by atoms with Crippen LogP contribution in [0.15, 0.2) is 37.6 Å². The monoisotopic (exact) mass is 246 g/mol. The molecule has 0 aliphatic rings. The molecule has 0 unspecified atom stereocenters. The largest absolute Gasteiger partial charge is 0.449 e. The van der Waals surface area contributed by atoms with Crippen LogP contribution in [-0.2, 0) is 4.74 Å². The number of amides is 1. The standard InChI is InChI=1S/C14H18N2O2/c1-5-9-16(14(17)18-6-2)12(4)13-8-7-11(3)15-10-13/h5,7-8,10H,1,4,6,9H2,2-3H3. The van der Waals surface area contributed by atoms with Crippen LogP contribution in [0.4, 0.5) is 4.79 Å². The van der Waals surface area contributed by atoms with Crippen molar-refractivity contribution in [1.82, 2.24) is 9.88 Å². The SMILES string of the molecule is C=CCN(C(=C)c1ccc(C)nc1)C(=O)OCC. The van der Waals surface area contributed by atoms with E-state index in [0.717, 1.165) is 11.3 Å². The van der Waals surface area contributed by atoms with E-state index in [-0.39, 0.29) is 0 Å². The molecule has 0 spiro atoms. The summed E-state index contributed by atoms with van der Waals surface area (Å²) in [5, 5.41) is 0. The molecule has 0 atom stereocenters. The van der Waals surface area contributed by atoms with Gasteiger partial charge in [0.05, 0.1) is 6.61 Å². The van der Waals surface area contributed by atoms with E-state index in [0.29, 0.717) is 18.8 Å². The summed E-state index contributed by atoms with van der Waals surface area (Å²) in [7, 11) is 0. The van der Waals surface area contributed by atoms with Crippen LogP contribution in [0, 0.1) is 6.92 Å². The quantitative estimate of drug-likeness (QED) is 0.750. The van der Waals surface area contributed by atoms with Crippen molar-refractivity contribution in [2.45, 2.75) is 13.8 Å². The average Bonchev–Trinajstić information content (AvgIpc) is 2.36. The predicted molar refractivity (Wildman–Crippen MR) is 71.9 cm³/mol. The Morgan fingerprint density at radius 3 is 2.78 bits per heavy atom. The zero-order chi connectivity index (χ0) is 13.5. The van der Waals surface area contributed by atoms with Crippen molar-refractivity contribution >= 4 is 11.8 Å². The zero-order valence-electron chi connectivity index (χ0n) is 10.8. The first-order chi connectivity index (χ1) is 8.60. The first-order valence-electron chi connectivity index (χ1n) is 5.77. The molecule has 1 aromatic heterocycles. The second-order valence-corrected chi connectivity index (χ2v) is 3.73. The van der Waals surface area contributed by atoms with E-state index >= 15 is 0 Å². The molecule has 1 aromatic rings. The smallest absolute Gasteiger partial charge is 0.414 e. The number of aryl methyl sites for hydroxylation is 1.